The maximum Gasteiger partial charge on any atom is 0.244 e. The van der Waals surface area contributed by atoms with Crippen LogP contribution in [0.1, 0.15) is 13.3 Å². The van der Waals surface area contributed by atoms with Crippen LogP contribution in [-0.4, -0.2) is 73.7 Å². The molecule has 0 heterocycles. The van der Waals surface area contributed by atoms with Gasteiger partial charge < -0.3 is 14.8 Å². The van der Waals surface area contributed by atoms with E-state index in [1.165, 1.54) is 57.6 Å². The third-order valence-corrected chi connectivity index (χ3v) is 8.21. The molecule has 0 aliphatic rings. The van der Waals surface area contributed by atoms with Gasteiger partial charge in [-0.3, -0.25) is 9.10 Å². The number of hydrogen-bond acceptors (Lipinski definition) is 7. The lowest BCUT2D eigenvalue weighted by Crippen LogP contribution is -2.50. The number of carbonyl (C=O) groups is 1. The number of sulfonamides is 2. The van der Waals surface area contributed by atoms with E-state index in [-0.39, 0.29) is 35.9 Å². The second-order valence-corrected chi connectivity index (χ2v) is 12.1. The van der Waals surface area contributed by atoms with E-state index in [2.05, 4.69) is 5.32 Å². The Morgan fingerprint density at radius 1 is 1.09 bits per heavy atom. The maximum atomic E-state index is 12.9. The minimum absolute atomic E-state index is 0.0846. The predicted molar refractivity (Wildman–Crippen MR) is 135 cm³/mol. The van der Waals surface area contributed by atoms with E-state index < -0.39 is 32.0 Å². The van der Waals surface area contributed by atoms with Gasteiger partial charge in [0.2, 0.25) is 26.0 Å². The summed E-state index contributed by atoms with van der Waals surface area (Å²) in [5.41, 5.74) is 0.161. The summed E-state index contributed by atoms with van der Waals surface area (Å²) in [6.07, 6.45) is 1.20. The van der Waals surface area contributed by atoms with E-state index in [1.807, 2.05) is 0 Å². The molecule has 1 N–H and O–H groups in total. The highest BCUT2D eigenvalue weighted by Gasteiger charge is 2.33. The first-order valence-electron chi connectivity index (χ1n) is 10.6. The van der Waals surface area contributed by atoms with Gasteiger partial charge in [-0.15, -0.1) is 0 Å². The molecule has 1 atom stereocenters. The number of hydrogen-bond donors (Lipinski definition) is 1. The highest BCUT2D eigenvalue weighted by molar-refractivity contribution is 7.92. The Balaban J connectivity index is 2.08. The molecule has 0 fully saturated rings. The summed E-state index contributed by atoms with van der Waals surface area (Å²) >= 11 is 6.08. The quantitative estimate of drug-likeness (QED) is 0.405. The highest BCUT2D eigenvalue weighted by Crippen LogP contribution is 2.34. The van der Waals surface area contributed by atoms with Crippen LogP contribution in [0.15, 0.2) is 47.4 Å². The fraction of sp³-hybridized carbons (Fsp3) is 0.409. The van der Waals surface area contributed by atoms with Crippen molar-refractivity contribution < 1.29 is 31.1 Å². The molecule has 0 saturated heterocycles. The minimum atomic E-state index is -3.87. The molecular weight excluding hydrogens is 518 g/mol. The molecule has 0 spiro atoms. The van der Waals surface area contributed by atoms with Crippen LogP contribution < -0.4 is 19.1 Å². The zero-order chi connectivity index (χ0) is 26.4. The van der Waals surface area contributed by atoms with Gasteiger partial charge in [-0.25, -0.2) is 21.1 Å². The molecule has 2 aromatic rings. The Morgan fingerprint density at radius 2 is 1.71 bits per heavy atom. The van der Waals surface area contributed by atoms with E-state index in [9.17, 15) is 21.6 Å². The highest BCUT2D eigenvalue weighted by atomic mass is 35.5. The number of carbonyl (C=O) groups excluding carboxylic acids is 1. The van der Waals surface area contributed by atoms with E-state index in [1.54, 1.807) is 13.0 Å². The Labute approximate surface area is 211 Å². The first-order chi connectivity index (χ1) is 16.3. The lowest BCUT2D eigenvalue weighted by molar-refractivity contribution is -0.122. The van der Waals surface area contributed by atoms with Crippen molar-refractivity contribution in [2.75, 3.05) is 44.9 Å². The van der Waals surface area contributed by atoms with Crippen molar-refractivity contribution in [1.29, 1.82) is 0 Å². The summed E-state index contributed by atoms with van der Waals surface area (Å²) in [6, 6.07) is 9.37. The number of nitrogens with zero attached hydrogens (tertiary/aromatic N) is 2. The number of amides is 1. The lowest BCUT2D eigenvalue weighted by atomic mass is 10.2. The number of halogens is 1. The van der Waals surface area contributed by atoms with Gasteiger partial charge >= 0.3 is 0 Å². The van der Waals surface area contributed by atoms with Crippen molar-refractivity contribution in [3.8, 4) is 11.5 Å². The largest absolute Gasteiger partial charge is 0.495 e. The summed E-state index contributed by atoms with van der Waals surface area (Å²) in [5, 5.41) is 2.98. The molecule has 0 saturated carbocycles. The summed E-state index contributed by atoms with van der Waals surface area (Å²) in [7, 11) is -3.13. The zero-order valence-corrected chi connectivity index (χ0v) is 22.6. The molecular formula is C22H30ClN3O7S2. The Hall–Kier alpha value is -2.54. The molecule has 35 heavy (non-hydrogen) atoms. The van der Waals surface area contributed by atoms with Crippen LogP contribution in [0.4, 0.5) is 5.69 Å². The second kappa shape index (κ2) is 11.9. The molecule has 13 heteroatoms. The molecule has 194 valence electrons. The van der Waals surface area contributed by atoms with Gasteiger partial charge in [0, 0.05) is 19.1 Å². The standard InChI is InChI=1S/C22H30ClN3O7S2/c1-6-19(26(34(5,28)29)20-15-16(23)7-12-21(20)32-4)22(27)24-13-14-33-17-8-10-18(11-9-17)35(30,31)25(2)3/h7-12,15,19H,6,13-14H2,1-5H3,(H,24,27)/t19-/m1/s1. The number of rotatable bonds is 12. The van der Waals surface area contributed by atoms with Crippen LogP contribution in [0.5, 0.6) is 11.5 Å². The van der Waals surface area contributed by atoms with Crippen molar-refractivity contribution in [1.82, 2.24) is 9.62 Å². The lowest BCUT2D eigenvalue weighted by Gasteiger charge is -2.31. The third kappa shape index (κ3) is 7.23. The van der Waals surface area contributed by atoms with Crippen LogP contribution in [0.25, 0.3) is 0 Å². The maximum absolute atomic E-state index is 12.9. The fourth-order valence-electron chi connectivity index (χ4n) is 3.25. The smallest absolute Gasteiger partial charge is 0.244 e. The SMILES string of the molecule is CC[C@H](C(=O)NCCOc1ccc(S(=O)(=O)N(C)C)cc1)N(c1cc(Cl)ccc1OC)S(C)(=O)=O. The van der Waals surface area contributed by atoms with Gasteiger partial charge in [-0.05, 0) is 48.9 Å². The van der Waals surface area contributed by atoms with Gasteiger partial charge in [0.05, 0.1) is 30.5 Å². The van der Waals surface area contributed by atoms with Crippen LogP contribution in [-0.2, 0) is 24.8 Å². The molecule has 0 aliphatic heterocycles. The Kier molecular flexibility index (Phi) is 9.78. The molecule has 1 amide bonds. The number of benzene rings is 2. The van der Waals surface area contributed by atoms with Gasteiger partial charge in [0.25, 0.3) is 0 Å². The molecule has 10 nitrogen and oxygen atoms in total. The molecule has 2 aromatic carbocycles. The van der Waals surface area contributed by atoms with E-state index >= 15 is 0 Å². The number of methoxy groups -OCH3 is 1. The van der Waals surface area contributed by atoms with Crippen LogP contribution >= 0.6 is 11.6 Å². The number of ether oxygens (including phenoxy) is 2. The number of nitrogens with one attached hydrogen (secondary N) is 1. The first-order valence-corrected chi connectivity index (χ1v) is 14.3. The average Bonchev–Trinajstić information content (AvgIpc) is 2.79. The van der Waals surface area contributed by atoms with Crippen LogP contribution in [0.3, 0.4) is 0 Å². The summed E-state index contributed by atoms with van der Waals surface area (Å²) in [6.45, 7) is 1.87. The van der Waals surface area contributed by atoms with Crippen molar-refractivity contribution in [2.24, 2.45) is 0 Å². The monoisotopic (exact) mass is 547 g/mol. The predicted octanol–water partition coefficient (Wildman–Crippen LogP) is 2.34. The Bertz CT molecular complexity index is 1230. The third-order valence-electron chi connectivity index (χ3n) is 4.98. The van der Waals surface area contributed by atoms with Crippen molar-refractivity contribution >= 4 is 43.2 Å². The van der Waals surface area contributed by atoms with Crippen molar-refractivity contribution in [2.45, 2.75) is 24.3 Å². The normalized spacial score (nSPS) is 12.8. The number of anilines is 1. The van der Waals surface area contributed by atoms with E-state index in [0.717, 1.165) is 14.9 Å². The van der Waals surface area contributed by atoms with Crippen molar-refractivity contribution in [3.63, 3.8) is 0 Å². The first kappa shape index (κ1) is 28.7. The van der Waals surface area contributed by atoms with Gasteiger partial charge in [-0.2, -0.15) is 0 Å². The van der Waals surface area contributed by atoms with E-state index in [4.69, 9.17) is 21.1 Å². The van der Waals surface area contributed by atoms with Gasteiger partial charge in [0.15, 0.2) is 0 Å². The van der Waals surface area contributed by atoms with Crippen LogP contribution in [0.2, 0.25) is 5.02 Å². The molecule has 0 radical (unpaired) electrons. The second-order valence-electron chi connectivity index (χ2n) is 7.70. The summed E-state index contributed by atoms with van der Waals surface area (Å²) in [5.74, 6) is 0.163. The van der Waals surface area contributed by atoms with Crippen LogP contribution in [0, 0.1) is 0 Å². The fourth-order valence-corrected chi connectivity index (χ4v) is 5.53. The topological polar surface area (TPSA) is 122 Å². The molecule has 0 unspecified atom stereocenters. The van der Waals surface area contributed by atoms with Gasteiger partial charge in [0.1, 0.15) is 24.1 Å². The minimum Gasteiger partial charge on any atom is -0.495 e. The van der Waals surface area contributed by atoms with Gasteiger partial charge in [-0.1, -0.05) is 18.5 Å². The van der Waals surface area contributed by atoms with Crippen molar-refractivity contribution in [3.05, 3.63) is 47.5 Å². The van der Waals surface area contributed by atoms with E-state index in [0.29, 0.717) is 10.8 Å². The summed E-state index contributed by atoms with van der Waals surface area (Å²) < 4.78 is 62.5. The zero-order valence-electron chi connectivity index (χ0n) is 20.2. The molecule has 0 bridgehead atoms. The summed E-state index contributed by atoms with van der Waals surface area (Å²) in [4.78, 5) is 13.1. The molecule has 0 aromatic heterocycles. The average molecular weight is 548 g/mol. The molecule has 2 rings (SSSR count). The Morgan fingerprint density at radius 3 is 2.23 bits per heavy atom. The molecule has 0 aliphatic carbocycles.